The Morgan fingerprint density at radius 1 is 0.761 bits per heavy atom. The number of thiazole rings is 1. The fourth-order valence-corrected chi connectivity index (χ4v) is 8.62. The van der Waals surface area contributed by atoms with E-state index in [0.29, 0.717) is 4.80 Å². The van der Waals surface area contributed by atoms with Gasteiger partial charge in [-0.25, -0.2) is 0 Å². The van der Waals surface area contributed by atoms with E-state index in [-0.39, 0.29) is 16.9 Å². The molecule has 2 atom stereocenters. The molecule has 0 amide bonds. The molecule has 5 aromatic carbocycles. The number of aromatic nitrogens is 1. The van der Waals surface area contributed by atoms with E-state index in [0.717, 1.165) is 34.8 Å². The second-order valence-corrected chi connectivity index (χ2v) is 14.1. The predicted octanol–water partition coefficient (Wildman–Crippen LogP) is 7.94. The number of hydrogen-bond acceptors (Lipinski definition) is 5. The maximum atomic E-state index is 13.8. The number of nitrogens with zero attached hydrogens (tertiary/aromatic N) is 4. The summed E-state index contributed by atoms with van der Waals surface area (Å²) in [4.78, 5) is 0.515. The Morgan fingerprint density at radius 2 is 1.43 bits per heavy atom. The number of hydrogen-bond donors (Lipinski definition) is 0. The van der Waals surface area contributed by atoms with Crippen LogP contribution in [-0.4, -0.2) is 18.7 Å². The molecule has 2 heterocycles. The zero-order valence-electron chi connectivity index (χ0n) is 25.1. The van der Waals surface area contributed by atoms with Gasteiger partial charge in [0.05, 0.1) is 28.0 Å². The summed E-state index contributed by atoms with van der Waals surface area (Å²) < 4.78 is 33.8. The maximum absolute atomic E-state index is 13.8. The first-order valence-electron chi connectivity index (χ1n) is 15.2. The van der Waals surface area contributed by atoms with Crippen LogP contribution in [0, 0.1) is 12.8 Å². The molecule has 8 rings (SSSR count). The molecule has 2 unspecified atom stereocenters. The number of rotatable bonds is 6. The van der Waals surface area contributed by atoms with Crippen molar-refractivity contribution in [3.05, 3.63) is 166 Å². The molecule has 6 aromatic rings. The number of aryl methyl sites for hydroxylation is 1. The summed E-state index contributed by atoms with van der Waals surface area (Å²) in [5, 5.41) is 9.16. The third kappa shape index (κ3) is 5.00. The fraction of sp³-hybridized carbons (Fsp3) is 0.105. The van der Waals surface area contributed by atoms with Crippen LogP contribution in [0.3, 0.4) is 0 Å². The Kier molecular flexibility index (Phi) is 7.04. The van der Waals surface area contributed by atoms with Crippen LogP contribution in [0.1, 0.15) is 28.3 Å². The summed E-state index contributed by atoms with van der Waals surface area (Å²) in [6.45, 7) is 2.09. The van der Waals surface area contributed by atoms with Crippen LogP contribution in [0.15, 0.2) is 153 Å². The van der Waals surface area contributed by atoms with Crippen molar-refractivity contribution in [2.75, 3.05) is 5.01 Å². The summed E-state index contributed by atoms with van der Waals surface area (Å²) >= 11 is 1.30. The van der Waals surface area contributed by atoms with Crippen LogP contribution in [-0.2, 0) is 16.4 Å². The topological polar surface area (TPSA) is 67.0 Å². The third-order valence-corrected chi connectivity index (χ3v) is 11.0. The molecule has 1 aliphatic carbocycles. The number of fused-ring (bicyclic) bond motifs is 3. The largest absolute Gasteiger partial charge is 0.285 e. The molecule has 6 nitrogen and oxygen atoms in total. The van der Waals surface area contributed by atoms with Crippen LogP contribution in [0.5, 0.6) is 0 Å². The molecule has 0 bridgehead atoms. The molecule has 1 aromatic heterocycles. The van der Waals surface area contributed by atoms with Crippen molar-refractivity contribution in [3.8, 4) is 16.9 Å². The molecule has 226 valence electrons. The quantitative estimate of drug-likeness (QED) is 0.186. The molecule has 0 fully saturated rings. The van der Waals surface area contributed by atoms with Gasteiger partial charge in [0, 0.05) is 22.5 Å². The minimum Gasteiger partial charge on any atom is -0.284 e. The van der Waals surface area contributed by atoms with Gasteiger partial charge in [0.1, 0.15) is 0 Å². The second-order valence-electron chi connectivity index (χ2n) is 11.7. The van der Waals surface area contributed by atoms with Crippen LogP contribution >= 0.6 is 11.3 Å². The van der Waals surface area contributed by atoms with Gasteiger partial charge in [-0.3, -0.25) is 9.58 Å². The zero-order chi connectivity index (χ0) is 31.3. The summed E-state index contributed by atoms with van der Waals surface area (Å²) in [6, 6.07) is 43.7. The molecular weight excluding hydrogens is 609 g/mol. The van der Waals surface area contributed by atoms with Gasteiger partial charge in [0.15, 0.2) is 0 Å². The van der Waals surface area contributed by atoms with Crippen molar-refractivity contribution >= 4 is 32.8 Å². The van der Waals surface area contributed by atoms with Crippen LogP contribution < -0.4 is 9.81 Å². The molecule has 0 spiro atoms. The highest BCUT2D eigenvalue weighted by Gasteiger charge is 2.44. The highest BCUT2D eigenvalue weighted by atomic mass is 32.2. The lowest BCUT2D eigenvalue weighted by Crippen LogP contribution is -2.25. The molecule has 0 N–H and O–H groups in total. The van der Waals surface area contributed by atoms with Crippen molar-refractivity contribution in [1.82, 2.24) is 4.57 Å². The molecule has 0 saturated carbocycles. The number of sulfonamides is 1. The van der Waals surface area contributed by atoms with Crippen molar-refractivity contribution in [1.29, 1.82) is 0 Å². The van der Waals surface area contributed by atoms with E-state index in [1.807, 2.05) is 82.7 Å². The SMILES string of the molecule is Cc1ccc(C2C3Cc4ccccc4C3=NN2c2ccc(S(=O)(=O)/N=c3\scc(-c4ccccc4)n3-c3ccccc3)cc2)cc1. The molecule has 0 radical (unpaired) electrons. The van der Waals surface area contributed by atoms with Crippen LogP contribution in [0.4, 0.5) is 5.69 Å². The smallest absolute Gasteiger partial charge is 0.284 e. The van der Waals surface area contributed by atoms with Gasteiger partial charge in [-0.15, -0.1) is 15.7 Å². The van der Waals surface area contributed by atoms with E-state index in [1.165, 1.54) is 33.6 Å². The average molecular weight is 639 g/mol. The zero-order valence-corrected chi connectivity index (χ0v) is 26.7. The molecule has 0 saturated heterocycles. The Bertz CT molecular complexity index is 2260. The minimum absolute atomic E-state index is 0.00232. The highest BCUT2D eigenvalue weighted by Crippen LogP contribution is 2.46. The monoisotopic (exact) mass is 638 g/mol. The van der Waals surface area contributed by atoms with Gasteiger partial charge in [0.2, 0.25) is 4.80 Å². The first-order valence-corrected chi connectivity index (χ1v) is 17.5. The van der Waals surface area contributed by atoms with Gasteiger partial charge in [0.25, 0.3) is 10.0 Å². The lowest BCUT2D eigenvalue weighted by molar-refractivity contribution is 0.556. The van der Waals surface area contributed by atoms with Gasteiger partial charge < -0.3 is 0 Å². The Hall–Kier alpha value is -5.05. The number of anilines is 1. The van der Waals surface area contributed by atoms with Crippen LogP contribution in [0.2, 0.25) is 0 Å². The van der Waals surface area contributed by atoms with E-state index < -0.39 is 10.0 Å². The van der Waals surface area contributed by atoms with E-state index in [9.17, 15) is 8.42 Å². The minimum atomic E-state index is -4.02. The van der Waals surface area contributed by atoms with E-state index in [2.05, 4.69) is 64.9 Å². The lowest BCUT2D eigenvalue weighted by atomic mass is 9.89. The number of para-hydroxylation sites is 1. The van der Waals surface area contributed by atoms with Crippen molar-refractivity contribution in [3.63, 3.8) is 0 Å². The predicted molar refractivity (Wildman–Crippen MR) is 185 cm³/mol. The van der Waals surface area contributed by atoms with Gasteiger partial charge in [-0.1, -0.05) is 103 Å². The van der Waals surface area contributed by atoms with Crippen molar-refractivity contribution in [2.45, 2.75) is 24.3 Å². The summed E-state index contributed by atoms with van der Waals surface area (Å²) in [6.07, 6.45) is 0.919. The standard InChI is InChI=1S/C38H30N4O2S2/c1-26-16-18-28(19-17-26)37-34-24-29-12-8-9-15-33(29)36(34)39-42(37)31-20-22-32(23-21-31)46(43,44)40-38-41(30-13-6-3-7-14-30)35(25-45-38)27-10-4-2-5-11-27/h2-23,25,34,37H,24H2,1H3/b40-38-. The highest BCUT2D eigenvalue weighted by molar-refractivity contribution is 7.90. The molecule has 46 heavy (non-hydrogen) atoms. The van der Waals surface area contributed by atoms with E-state index in [1.54, 1.807) is 12.1 Å². The fourth-order valence-electron chi connectivity index (χ4n) is 6.51. The normalized spacial score (nSPS) is 17.5. The molecule has 1 aliphatic heterocycles. The summed E-state index contributed by atoms with van der Waals surface area (Å²) in [5.74, 6) is 0.213. The Balaban J connectivity index is 1.17. The van der Waals surface area contributed by atoms with Gasteiger partial charge in [-0.05, 0) is 66.4 Å². The van der Waals surface area contributed by atoms with Crippen molar-refractivity contribution in [2.24, 2.45) is 15.4 Å². The second kappa shape index (κ2) is 11.4. The number of hydrazone groups is 1. The molecular formula is C38H30N4O2S2. The van der Waals surface area contributed by atoms with Gasteiger partial charge >= 0.3 is 0 Å². The summed E-state index contributed by atoms with van der Waals surface area (Å²) in [7, 11) is -4.02. The van der Waals surface area contributed by atoms with E-state index >= 15 is 0 Å². The average Bonchev–Trinajstić information content (AvgIpc) is 3.78. The molecule has 8 heteroatoms. The maximum Gasteiger partial charge on any atom is 0.285 e. The first-order chi connectivity index (χ1) is 22.5. The van der Waals surface area contributed by atoms with Crippen LogP contribution in [0.25, 0.3) is 16.9 Å². The number of benzene rings is 5. The van der Waals surface area contributed by atoms with E-state index in [4.69, 9.17) is 5.10 Å². The molecule has 2 aliphatic rings. The Morgan fingerprint density at radius 3 is 2.17 bits per heavy atom. The first kappa shape index (κ1) is 28.4. The lowest BCUT2D eigenvalue weighted by Gasteiger charge is -2.28. The van der Waals surface area contributed by atoms with Gasteiger partial charge in [-0.2, -0.15) is 13.5 Å². The third-order valence-electron chi connectivity index (χ3n) is 8.75. The Labute approximate surface area is 272 Å². The summed E-state index contributed by atoms with van der Waals surface area (Å²) in [5.41, 5.74) is 9.54. The van der Waals surface area contributed by atoms with Crippen molar-refractivity contribution < 1.29 is 8.42 Å².